The summed E-state index contributed by atoms with van der Waals surface area (Å²) in [6, 6.07) is 4.85. The molecule has 0 aliphatic rings. The van der Waals surface area contributed by atoms with Crippen LogP contribution in [0.5, 0.6) is 0 Å². The Bertz CT molecular complexity index is 536. The number of nitrogens with two attached hydrogens (primary N) is 1. The monoisotopic (exact) mass is 278 g/mol. The Kier molecular flexibility index (Phi) is 5.42. The van der Waals surface area contributed by atoms with Gasteiger partial charge in [-0.2, -0.15) is 0 Å². The molecular formula is C13H14N2O5. The second kappa shape index (κ2) is 7.05. The number of carboxylic acids is 1. The molecule has 0 fully saturated rings. The zero-order valence-electron chi connectivity index (χ0n) is 10.4. The molecule has 1 aromatic carbocycles. The van der Waals surface area contributed by atoms with Crippen LogP contribution in [0, 0.1) is 0 Å². The van der Waals surface area contributed by atoms with Gasteiger partial charge in [0.2, 0.25) is 11.8 Å². The third-order valence-corrected chi connectivity index (χ3v) is 2.42. The normalized spacial score (nSPS) is 12.1. The first-order valence-corrected chi connectivity index (χ1v) is 5.66. The summed E-state index contributed by atoms with van der Waals surface area (Å²) in [4.78, 5) is 32.9. The van der Waals surface area contributed by atoms with Crippen molar-refractivity contribution in [2.75, 3.05) is 6.61 Å². The van der Waals surface area contributed by atoms with Crippen molar-refractivity contribution >= 4 is 23.9 Å². The number of amides is 2. The fraction of sp³-hybridized carbons (Fsp3) is 0.154. The maximum atomic E-state index is 11.4. The Hall–Kier alpha value is -2.67. The molecule has 0 bridgehead atoms. The van der Waals surface area contributed by atoms with E-state index >= 15 is 0 Å². The SMILES string of the molecule is NC(=O)c1ccc(/C=C/C(=O)N[C@H](CO)C(=O)O)cc1. The zero-order chi connectivity index (χ0) is 15.1. The molecule has 0 aromatic heterocycles. The average molecular weight is 278 g/mol. The highest BCUT2D eigenvalue weighted by atomic mass is 16.4. The highest BCUT2D eigenvalue weighted by Gasteiger charge is 2.16. The summed E-state index contributed by atoms with van der Waals surface area (Å²) in [7, 11) is 0. The van der Waals surface area contributed by atoms with Crippen LogP contribution >= 0.6 is 0 Å². The third kappa shape index (κ3) is 4.54. The Morgan fingerprint density at radius 2 is 1.85 bits per heavy atom. The van der Waals surface area contributed by atoms with Gasteiger partial charge in [-0.3, -0.25) is 9.59 Å². The lowest BCUT2D eigenvalue weighted by Gasteiger charge is -2.09. The number of hydrogen-bond acceptors (Lipinski definition) is 4. The van der Waals surface area contributed by atoms with Crippen LogP contribution in [0.25, 0.3) is 6.08 Å². The Morgan fingerprint density at radius 1 is 1.25 bits per heavy atom. The van der Waals surface area contributed by atoms with Gasteiger partial charge in [-0.25, -0.2) is 4.79 Å². The maximum Gasteiger partial charge on any atom is 0.328 e. The first-order valence-electron chi connectivity index (χ1n) is 5.66. The van der Waals surface area contributed by atoms with E-state index in [1.165, 1.54) is 18.2 Å². The second-order valence-corrected chi connectivity index (χ2v) is 3.90. The van der Waals surface area contributed by atoms with Crippen LogP contribution in [0.2, 0.25) is 0 Å². The van der Waals surface area contributed by atoms with Gasteiger partial charge in [0.05, 0.1) is 6.61 Å². The van der Waals surface area contributed by atoms with Gasteiger partial charge in [0, 0.05) is 11.6 Å². The van der Waals surface area contributed by atoms with Gasteiger partial charge in [0.1, 0.15) is 0 Å². The molecule has 0 saturated carbocycles. The quantitative estimate of drug-likeness (QED) is 0.514. The molecule has 106 valence electrons. The second-order valence-electron chi connectivity index (χ2n) is 3.90. The van der Waals surface area contributed by atoms with E-state index in [9.17, 15) is 14.4 Å². The minimum Gasteiger partial charge on any atom is -0.480 e. The summed E-state index contributed by atoms with van der Waals surface area (Å²) in [5.41, 5.74) is 6.07. The van der Waals surface area contributed by atoms with Crippen molar-refractivity contribution in [3.8, 4) is 0 Å². The predicted octanol–water partition coefficient (Wildman–Crippen LogP) is -0.640. The molecule has 2 amide bonds. The number of aliphatic carboxylic acids is 1. The smallest absolute Gasteiger partial charge is 0.328 e. The van der Waals surface area contributed by atoms with Crippen LogP contribution in [0.15, 0.2) is 30.3 Å². The first-order chi connectivity index (χ1) is 9.43. The van der Waals surface area contributed by atoms with Crippen molar-refractivity contribution in [1.82, 2.24) is 5.32 Å². The molecule has 1 aromatic rings. The van der Waals surface area contributed by atoms with Gasteiger partial charge < -0.3 is 21.3 Å². The minimum absolute atomic E-state index is 0.345. The van der Waals surface area contributed by atoms with Crippen LogP contribution in [0.1, 0.15) is 15.9 Å². The van der Waals surface area contributed by atoms with Crippen molar-refractivity contribution < 1.29 is 24.6 Å². The number of rotatable bonds is 6. The number of carboxylic acid groups (broad SMARTS) is 1. The molecule has 0 spiro atoms. The van der Waals surface area contributed by atoms with E-state index in [0.717, 1.165) is 6.08 Å². The molecule has 1 atom stereocenters. The summed E-state index contributed by atoms with van der Waals surface area (Å²) >= 11 is 0. The lowest BCUT2D eigenvalue weighted by molar-refractivity contribution is -0.142. The highest BCUT2D eigenvalue weighted by molar-refractivity contribution is 5.95. The number of aliphatic hydroxyl groups excluding tert-OH is 1. The molecule has 0 unspecified atom stereocenters. The van der Waals surface area contributed by atoms with Crippen LogP contribution in [-0.2, 0) is 9.59 Å². The van der Waals surface area contributed by atoms with Crippen molar-refractivity contribution in [3.05, 3.63) is 41.5 Å². The van der Waals surface area contributed by atoms with Gasteiger partial charge in [-0.1, -0.05) is 12.1 Å². The van der Waals surface area contributed by atoms with E-state index in [0.29, 0.717) is 11.1 Å². The van der Waals surface area contributed by atoms with Crippen LogP contribution in [0.3, 0.4) is 0 Å². The summed E-state index contributed by atoms with van der Waals surface area (Å²) in [6.45, 7) is -0.692. The van der Waals surface area contributed by atoms with E-state index in [4.69, 9.17) is 15.9 Å². The van der Waals surface area contributed by atoms with Crippen molar-refractivity contribution in [2.45, 2.75) is 6.04 Å². The zero-order valence-corrected chi connectivity index (χ0v) is 10.4. The molecule has 1 rings (SSSR count). The van der Waals surface area contributed by atoms with Crippen LogP contribution in [-0.4, -0.2) is 40.6 Å². The fourth-order valence-electron chi connectivity index (χ4n) is 1.34. The molecule has 0 radical (unpaired) electrons. The van der Waals surface area contributed by atoms with Crippen molar-refractivity contribution in [1.29, 1.82) is 0 Å². The summed E-state index contributed by atoms with van der Waals surface area (Å²) in [5.74, 6) is -2.52. The first kappa shape index (κ1) is 15.4. The van der Waals surface area contributed by atoms with E-state index in [-0.39, 0.29) is 0 Å². The summed E-state index contributed by atoms with van der Waals surface area (Å²) in [6.07, 6.45) is 2.57. The number of nitrogens with one attached hydrogen (secondary N) is 1. The molecular weight excluding hydrogens is 264 g/mol. The van der Waals surface area contributed by atoms with Gasteiger partial charge in [0.25, 0.3) is 0 Å². The topological polar surface area (TPSA) is 130 Å². The van der Waals surface area contributed by atoms with Crippen molar-refractivity contribution in [3.63, 3.8) is 0 Å². The van der Waals surface area contributed by atoms with Crippen LogP contribution < -0.4 is 11.1 Å². The number of carbonyl (C=O) groups is 3. The Labute approximate surface area is 114 Å². The number of primary amides is 1. The van der Waals surface area contributed by atoms with Gasteiger partial charge in [-0.05, 0) is 23.8 Å². The lowest BCUT2D eigenvalue weighted by Crippen LogP contribution is -2.42. The third-order valence-electron chi connectivity index (χ3n) is 2.42. The molecule has 20 heavy (non-hydrogen) atoms. The van der Waals surface area contributed by atoms with E-state index in [1.54, 1.807) is 12.1 Å². The molecule has 0 saturated heterocycles. The largest absolute Gasteiger partial charge is 0.480 e. The number of aliphatic hydroxyl groups is 1. The summed E-state index contributed by atoms with van der Waals surface area (Å²) < 4.78 is 0. The minimum atomic E-state index is -1.34. The Morgan fingerprint density at radius 3 is 2.30 bits per heavy atom. The van der Waals surface area contributed by atoms with Crippen molar-refractivity contribution in [2.24, 2.45) is 5.73 Å². The van der Waals surface area contributed by atoms with Gasteiger partial charge in [0.15, 0.2) is 6.04 Å². The average Bonchev–Trinajstić information content (AvgIpc) is 2.42. The molecule has 7 nitrogen and oxygen atoms in total. The molecule has 0 aliphatic carbocycles. The standard InChI is InChI=1S/C13H14N2O5/c14-12(18)9-4-1-8(2-5-9)3-6-11(17)15-10(7-16)13(19)20/h1-6,10,16H,7H2,(H2,14,18)(H,15,17)(H,19,20)/b6-3+/t10-/m1/s1. The van der Waals surface area contributed by atoms with Gasteiger partial charge >= 0.3 is 5.97 Å². The number of hydrogen-bond donors (Lipinski definition) is 4. The van der Waals surface area contributed by atoms with E-state index in [1.807, 2.05) is 0 Å². The van der Waals surface area contributed by atoms with E-state index in [2.05, 4.69) is 5.32 Å². The summed E-state index contributed by atoms with van der Waals surface area (Å²) in [5, 5.41) is 19.5. The number of benzene rings is 1. The highest BCUT2D eigenvalue weighted by Crippen LogP contribution is 2.05. The maximum absolute atomic E-state index is 11.4. The van der Waals surface area contributed by atoms with Gasteiger partial charge in [-0.15, -0.1) is 0 Å². The lowest BCUT2D eigenvalue weighted by atomic mass is 10.1. The van der Waals surface area contributed by atoms with E-state index < -0.39 is 30.4 Å². The molecule has 5 N–H and O–H groups in total. The predicted molar refractivity (Wildman–Crippen MR) is 70.6 cm³/mol. The fourth-order valence-corrected chi connectivity index (χ4v) is 1.34. The Balaban J connectivity index is 2.65. The van der Waals surface area contributed by atoms with Crippen LogP contribution in [0.4, 0.5) is 0 Å². The molecule has 7 heteroatoms. The number of carbonyl (C=O) groups excluding carboxylic acids is 2. The molecule has 0 aliphatic heterocycles. The molecule has 0 heterocycles.